The molecule has 0 bridgehead atoms. The number of primary amides is 1. The lowest BCUT2D eigenvalue weighted by molar-refractivity contribution is -0.134. The third-order valence-electron chi connectivity index (χ3n) is 2.36. The lowest BCUT2D eigenvalue weighted by Crippen LogP contribution is -2.29. The molecule has 0 aliphatic carbocycles. The number of fused-ring (bicyclic) bond motifs is 1. The SMILES string of the molecule is Cc1cc2c(cc1NC(=O)C(N)=O)OCCO2. The fraction of sp³-hybridized carbons (Fsp3) is 0.273. The molecule has 2 rings (SSSR count). The van der Waals surface area contributed by atoms with Gasteiger partial charge in [0.05, 0.1) is 0 Å². The van der Waals surface area contributed by atoms with Gasteiger partial charge in [-0.2, -0.15) is 0 Å². The average Bonchev–Trinajstić information content (AvgIpc) is 2.29. The van der Waals surface area contributed by atoms with Crippen LogP contribution in [0.2, 0.25) is 0 Å². The van der Waals surface area contributed by atoms with Crippen molar-refractivity contribution >= 4 is 17.5 Å². The van der Waals surface area contributed by atoms with Crippen LogP contribution in [0, 0.1) is 6.92 Å². The van der Waals surface area contributed by atoms with Crippen LogP contribution in [-0.2, 0) is 9.59 Å². The highest BCUT2D eigenvalue weighted by atomic mass is 16.6. The number of hydrogen-bond donors (Lipinski definition) is 2. The second-order valence-electron chi connectivity index (χ2n) is 3.63. The number of aryl methyl sites for hydroxylation is 1. The van der Waals surface area contributed by atoms with Crippen molar-refractivity contribution in [1.82, 2.24) is 0 Å². The fourth-order valence-corrected chi connectivity index (χ4v) is 1.51. The molecule has 1 heterocycles. The monoisotopic (exact) mass is 236 g/mol. The van der Waals surface area contributed by atoms with Crippen LogP contribution in [0.25, 0.3) is 0 Å². The number of nitrogens with two attached hydrogens (primary N) is 1. The summed E-state index contributed by atoms with van der Waals surface area (Å²) >= 11 is 0. The van der Waals surface area contributed by atoms with Crippen molar-refractivity contribution in [3.63, 3.8) is 0 Å². The van der Waals surface area contributed by atoms with Gasteiger partial charge in [0, 0.05) is 11.8 Å². The molecule has 0 fully saturated rings. The highest BCUT2D eigenvalue weighted by Crippen LogP contribution is 2.35. The number of anilines is 1. The number of carbonyl (C=O) groups is 2. The molecule has 3 N–H and O–H groups in total. The molecule has 17 heavy (non-hydrogen) atoms. The minimum absolute atomic E-state index is 0.458. The van der Waals surface area contributed by atoms with Gasteiger partial charge in [0.15, 0.2) is 11.5 Å². The molecule has 6 heteroatoms. The summed E-state index contributed by atoms with van der Waals surface area (Å²) in [6, 6.07) is 3.36. The number of benzene rings is 1. The Balaban J connectivity index is 2.28. The zero-order valence-corrected chi connectivity index (χ0v) is 9.28. The Morgan fingerprint density at radius 2 is 1.82 bits per heavy atom. The molecular formula is C11H12N2O4. The van der Waals surface area contributed by atoms with Crippen LogP contribution < -0.4 is 20.5 Å². The van der Waals surface area contributed by atoms with Crippen molar-refractivity contribution in [3.8, 4) is 11.5 Å². The minimum Gasteiger partial charge on any atom is -0.486 e. The molecule has 0 saturated heterocycles. The molecule has 6 nitrogen and oxygen atoms in total. The van der Waals surface area contributed by atoms with Gasteiger partial charge in [-0.1, -0.05) is 0 Å². The molecule has 0 atom stereocenters. The third kappa shape index (κ3) is 2.30. The summed E-state index contributed by atoms with van der Waals surface area (Å²) in [5, 5.41) is 2.41. The number of ether oxygens (including phenoxy) is 2. The van der Waals surface area contributed by atoms with Crippen molar-refractivity contribution in [2.24, 2.45) is 5.73 Å². The second-order valence-corrected chi connectivity index (χ2v) is 3.63. The predicted octanol–water partition coefficient (Wildman–Crippen LogP) is 0.190. The molecule has 1 aliphatic rings. The van der Waals surface area contributed by atoms with Gasteiger partial charge in [-0.25, -0.2) is 0 Å². The first-order chi connectivity index (χ1) is 8.08. The normalized spacial score (nSPS) is 13.0. The van der Waals surface area contributed by atoms with Crippen LogP contribution in [0.3, 0.4) is 0 Å². The van der Waals surface area contributed by atoms with Crippen molar-refractivity contribution in [3.05, 3.63) is 17.7 Å². The molecule has 0 spiro atoms. The maximum absolute atomic E-state index is 11.2. The van der Waals surface area contributed by atoms with E-state index in [9.17, 15) is 9.59 Å². The predicted molar refractivity (Wildman–Crippen MR) is 60.0 cm³/mol. The van der Waals surface area contributed by atoms with E-state index in [1.165, 1.54) is 0 Å². The molecule has 0 unspecified atom stereocenters. The Labute approximate surface area is 97.7 Å². The first-order valence-corrected chi connectivity index (χ1v) is 5.09. The first-order valence-electron chi connectivity index (χ1n) is 5.09. The molecule has 2 amide bonds. The Morgan fingerprint density at radius 3 is 2.41 bits per heavy atom. The van der Waals surface area contributed by atoms with Crippen LogP contribution in [0.15, 0.2) is 12.1 Å². The quantitative estimate of drug-likeness (QED) is 0.681. The van der Waals surface area contributed by atoms with Gasteiger partial charge in [-0.05, 0) is 18.6 Å². The Bertz CT molecular complexity index is 485. The van der Waals surface area contributed by atoms with E-state index in [0.29, 0.717) is 30.4 Å². The van der Waals surface area contributed by atoms with Crippen molar-refractivity contribution in [1.29, 1.82) is 0 Å². The van der Waals surface area contributed by atoms with E-state index in [-0.39, 0.29) is 0 Å². The fourth-order valence-electron chi connectivity index (χ4n) is 1.51. The van der Waals surface area contributed by atoms with Gasteiger partial charge in [0.1, 0.15) is 13.2 Å². The smallest absolute Gasteiger partial charge is 0.313 e. The van der Waals surface area contributed by atoms with Gasteiger partial charge < -0.3 is 20.5 Å². The first kappa shape index (κ1) is 11.3. The molecule has 90 valence electrons. The Morgan fingerprint density at radius 1 is 1.24 bits per heavy atom. The van der Waals surface area contributed by atoms with E-state index in [4.69, 9.17) is 15.2 Å². The number of nitrogens with one attached hydrogen (secondary N) is 1. The highest BCUT2D eigenvalue weighted by molar-refractivity contribution is 6.39. The maximum atomic E-state index is 11.2. The largest absolute Gasteiger partial charge is 0.486 e. The van der Waals surface area contributed by atoms with E-state index < -0.39 is 11.8 Å². The lowest BCUT2D eigenvalue weighted by atomic mass is 10.1. The van der Waals surface area contributed by atoms with Crippen LogP contribution in [-0.4, -0.2) is 25.0 Å². The average molecular weight is 236 g/mol. The number of carbonyl (C=O) groups excluding carboxylic acids is 2. The van der Waals surface area contributed by atoms with Gasteiger partial charge in [-0.15, -0.1) is 0 Å². The Kier molecular flexibility index (Phi) is 2.86. The van der Waals surface area contributed by atoms with Crippen LogP contribution in [0.4, 0.5) is 5.69 Å². The summed E-state index contributed by atoms with van der Waals surface area (Å²) in [7, 11) is 0. The summed E-state index contributed by atoms with van der Waals surface area (Å²) < 4.78 is 10.8. The van der Waals surface area contributed by atoms with E-state index in [0.717, 1.165) is 5.56 Å². The summed E-state index contributed by atoms with van der Waals surface area (Å²) in [6.45, 7) is 2.74. The van der Waals surface area contributed by atoms with E-state index in [2.05, 4.69) is 5.32 Å². The van der Waals surface area contributed by atoms with Gasteiger partial charge in [-0.3, -0.25) is 9.59 Å². The molecule has 1 aromatic carbocycles. The Hall–Kier alpha value is -2.24. The third-order valence-corrected chi connectivity index (χ3v) is 2.36. The standard InChI is InChI=1S/C11H12N2O4/c1-6-4-8-9(17-3-2-16-8)5-7(6)13-11(15)10(12)14/h4-5H,2-3H2,1H3,(H2,12,14)(H,13,15). The zero-order chi connectivity index (χ0) is 12.4. The molecule has 1 aromatic rings. The van der Waals surface area contributed by atoms with Crippen molar-refractivity contribution < 1.29 is 19.1 Å². The summed E-state index contributed by atoms with van der Waals surface area (Å²) in [5.41, 5.74) is 6.12. The summed E-state index contributed by atoms with van der Waals surface area (Å²) in [4.78, 5) is 21.8. The van der Waals surface area contributed by atoms with E-state index >= 15 is 0 Å². The summed E-state index contributed by atoms with van der Waals surface area (Å²) in [5.74, 6) is -0.712. The number of amides is 2. The minimum atomic E-state index is -1.03. The lowest BCUT2D eigenvalue weighted by Gasteiger charge is -2.20. The second kappa shape index (κ2) is 4.32. The van der Waals surface area contributed by atoms with E-state index in [1.807, 2.05) is 0 Å². The topological polar surface area (TPSA) is 90.7 Å². The van der Waals surface area contributed by atoms with Crippen LogP contribution >= 0.6 is 0 Å². The maximum Gasteiger partial charge on any atom is 0.313 e. The van der Waals surface area contributed by atoms with Gasteiger partial charge in [0.25, 0.3) is 0 Å². The highest BCUT2D eigenvalue weighted by Gasteiger charge is 2.16. The zero-order valence-electron chi connectivity index (χ0n) is 9.28. The van der Waals surface area contributed by atoms with Gasteiger partial charge in [0.2, 0.25) is 0 Å². The van der Waals surface area contributed by atoms with Crippen molar-refractivity contribution in [2.75, 3.05) is 18.5 Å². The van der Waals surface area contributed by atoms with Crippen LogP contribution in [0.5, 0.6) is 11.5 Å². The molecule has 1 aliphatic heterocycles. The molecule has 0 aromatic heterocycles. The molecular weight excluding hydrogens is 224 g/mol. The van der Waals surface area contributed by atoms with Crippen LogP contribution in [0.1, 0.15) is 5.56 Å². The van der Waals surface area contributed by atoms with E-state index in [1.54, 1.807) is 19.1 Å². The summed E-state index contributed by atoms with van der Waals surface area (Å²) in [6.07, 6.45) is 0. The van der Waals surface area contributed by atoms with Crippen molar-refractivity contribution in [2.45, 2.75) is 6.92 Å². The molecule has 0 radical (unpaired) electrons. The number of hydrogen-bond acceptors (Lipinski definition) is 4. The molecule has 0 saturated carbocycles. The number of rotatable bonds is 1. The van der Waals surface area contributed by atoms with Gasteiger partial charge >= 0.3 is 11.8 Å².